The second kappa shape index (κ2) is 6.67. The van der Waals surface area contributed by atoms with Crippen molar-refractivity contribution in [1.29, 1.82) is 0 Å². The maximum Gasteiger partial charge on any atom is 0.325 e. The van der Waals surface area contributed by atoms with Crippen LogP contribution in [0.15, 0.2) is 34.9 Å². The van der Waals surface area contributed by atoms with E-state index in [0.29, 0.717) is 5.13 Å². The molecule has 104 valence electrons. The normalized spacial score (nSPS) is 10.8. The van der Waals surface area contributed by atoms with Gasteiger partial charge in [-0.15, -0.1) is 11.3 Å². The zero-order valence-corrected chi connectivity index (χ0v) is 13.5. The molecule has 0 bridgehead atoms. The van der Waals surface area contributed by atoms with Crippen LogP contribution in [0.1, 0.15) is 16.1 Å². The zero-order chi connectivity index (χ0) is 14.5. The number of amides is 2. The molecule has 0 saturated heterocycles. The van der Waals surface area contributed by atoms with Crippen molar-refractivity contribution in [1.82, 2.24) is 10.3 Å². The Hall–Kier alpha value is -1.66. The van der Waals surface area contributed by atoms with Crippen LogP contribution in [0.3, 0.4) is 0 Å². The van der Waals surface area contributed by atoms with Crippen LogP contribution in [0.5, 0.6) is 0 Å². The number of nitrogens with zero attached hydrogens (tertiary/aromatic N) is 1. The van der Waals surface area contributed by atoms with E-state index in [9.17, 15) is 4.79 Å². The van der Waals surface area contributed by atoms with Gasteiger partial charge < -0.3 is 5.32 Å². The minimum Gasteiger partial charge on any atom is -0.314 e. The average Bonchev–Trinajstić information content (AvgIpc) is 2.70. The average molecular weight is 352 g/mol. The number of rotatable bonds is 3. The zero-order valence-electron chi connectivity index (χ0n) is 11.1. The van der Waals surface area contributed by atoms with E-state index in [1.165, 1.54) is 11.3 Å². The number of nitrogens with one attached hydrogen (secondary N) is 2. The molecule has 1 aromatic carbocycles. The molecule has 2 N–H and O–H groups in total. The molecule has 2 amide bonds. The molecule has 0 radical (unpaired) electrons. The number of carbonyl (C=O) groups is 1. The van der Waals surface area contributed by atoms with Crippen molar-refractivity contribution in [3.8, 4) is 0 Å². The molecule has 0 aliphatic carbocycles. The molecule has 4 nitrogen and oxygen atoms in total. The summed E-state index contributed by atoms with van der Waals surface area (Å²) in [4.78, 5) is 17.0. The van der Waals surface area contributed by atoms with Crippen molar-refractivity contribution in [2.75, 3.05) is 5.32 Å². The highest BCUT2D eigenvalue weighted by molar-refractivity contribution is 9.10. The molecule has 2 rings (SSSR count). The molecule has 0 atom stereocenters. The number of halogens is 1. The summed E-state index contributed by atoms with van der Waals surface area (Å²) in [6.07, 6.45) is 3.42. The van der Waals surface area contributed by atoms with E-state index >= 15 is 0 Å². The lowest BCUT2D eigenvalue weighted by Crippen LogP contribution is -2.23. The highest BCUT2D eigenvalue weighted by Gasteiger charge is 2.06. The van der Waals surface area contributed by atoms with Crippen LogP contribution >= 0.6 is 27.3 Å². The Labute approximate surface area is 130 Å². The van der Waals surface area contributed by atoms with Crippen LogP contribution in [0, 0.1) is 13.8 Å². The number of urea groups is 1. The van der Waals surface area contributed by atoms with Gasteiger partial charge in [0.25, 0.3) is 0 Å². The summed E-state index contributed by atoms with van der Waals surface area (Å²) in [6.45, 7) is 3.89. The summed E-state index contributed by atoms with van der Waals surface area (Å²) in [5.74, 6) is 0. The third-order valence-electron chi connectivity index (χ3n) is 2.63. The van der Waals surface area contributed by atoms with Crippen LogP contribution in [0.2, 0.25) is 0 Å². The summed E-state index contributed by atoms with van der Waals surface area (Å²) in [5.41, 5.74) is 1.93. The maximum absolute atomic E-state index is 11.7. The minimum absolute atomic E-state index is 0.304. The summed E-state index contributed by atoms with van der Waals surface area (Å²) in [6, 6.07) is 7.47. The van der Waals surface area contributed by atoms with E-state index in [-0.39, 0.29) is 6.03 Å². The number of benzene rings is 1. The van der Waals surface area contributed by atoms with E-state index in [4.69, 9.17) is 0 Å². The van der Waals surface area contributed by atoms with Crippen molar-refractivity contribution >= 4 is 44.5 Å². The van der Waals surface area contributed by atoms with Crippen LogP contribution in [-0.4, -0.2) is 11.0 Å². The SMILES string of the molecule is Cc1nc(NC(=O)N/C=C/c2ccccc2Br)sc1C. The first-order chi connectivity index (χ1) is 9.56. The Balaban J connectivity index is 1.91. The molecule has 0 aliphatic rings. The van der Waals surface area contributed by atoms with E-state index in [1.807, 2.05) is 44.2 Å². The van der Waals surface area contributed by atoms with Gasteiger partial charge in [-0.3, -0.25) is 5.32 Å². The number of carbonyl (C=O) groups excluding carboxylic acids is 1. The second-order valence-electron chi connectivity index (χ2n) is 4.11. The van der Waals surface area contributed by atoms with Crippen molar-refractivity contribution in [2.45, 2.75) is 13.8 Å². The van der Waals surface area contributed by atoms with Gasteiger partial charge >= 0.3 is 6.03 Å². The highest BCUT2D eigenvalue weighted by Crippen LogP contribution is 2.20. The first-order valence-corrected chi connectivity index (χ1v) is 7.60. The monoisotopic (exact) mass is 351 g/mol. The molecule has 1 heterocycles. The van der Waals surface area contributed by atoms with Gasteiger partial charge in [-0.1, -0.05) is 34.1 Å². The van der Waals surface area contributed by atoms with Gasteiger partial charge in [0.2, 0.25) is 0 Å². The first-order valence-electron chi connectivity index (χ1n) is 5.99. The van der Waals surface area contributed by atoms with Crippen molar-refractivity contribution in [2.24, 2.45) is 0 Å². The van der Waals surface area contributed by atoms with Crippen molar-refractivity contribution in [3.05, 3.63) is 51.1 Å². The number of thiazole rings is 1. The Morgan fingerprint density at radius 2 is 2.10 bits per heavy atom. The number of hydrogen-bond acceptors (Lipinski definition) is 3. The smallest absolute Gasteiger partial charge is 0.314 e. The van der Waals surface area contributed by atoms with E-state index in [0.717, 1.165) is 20.6 Å². The predicted octanol–water partition coefficient (Wildman–Crippen LogP) is 4.31. The third-order valence-corrected chi connectivity index (χ3v) is 4.34. The Morgan fingerprint density at radius 3 is 2.75 bits per heavy atom. The van der Waals surface area contributed by atoms with E-state index < -0.39 is 0 Å². The first kappa shape index (κ1) is 14.7. The lowest BCUT2D eigenvalue weighted by atomic mass is 10.2. The van der Waals surface area contributed by atoms with Crippen LogP contribution in [0.25, 0.3) is 6.08 Å². The van der Waals surface area contributed by atoms with E-state index in [1.54, 1.807) is 6.20 Å². The van der Waals surface area contributed by atoms with Gasteiger partial charge in [-0.05, 0) is 31.6 Å². The predicted molar refractivity (Wildman–Crippen MR) is 86.9 cm³/mol. The molecule has 2 aromatic rings. The fourth-order valence-electron chi connectivity index (χ4n) is 1.48. The van der Waals surface area contributed by atoms with E-state index in [2.05, 4.69) is 31.5 Å². The number of aryl methyl sites for hydroxylation is 2. The number of hydrogen-bond donors (Lipinski definition) is 2. The van der Waals surface area contributed by atoms with Gasteiger partial charge in [0.05, 0.1) is 5.69 Å². The molecule has 1 aromatic heterocycles. The molecular formula is C14H14BrN3OS. The lowest BCUT2D eigenvalue weighted by Gasteiger charge is -2.01. The number of anilines is 1. The van der Waals surface area contributed by atoms with Crippen LogP contribution in [0.4, 0.5) is 9.93 Å². The topological polar surface area (TPSA) is 54.0 Å². The second-order valence-corrected chi connectivity index (χ2v) is 6.17. The largest absolute Gasteiger partial charge is 0.325 e. The van der Waals surface area contributed by atoms with Gasteiger partial charge in [0.1, 0.15) is 0 Å². The molecular weight excluding hydrogens is 338 g/mol. The van der Waals surface area contributed by atoms with Gasteiger partial charge in [-0.25, -0.2) is 9.78 Å². The Morgan fingerprint density at radius 1 is 1.35 bits per heavy atom. The summed E-state index contributed by atoms with van der Waals surface area (Å²) in [7, 11) is 0. The number of aromatic nitrogens is 1. The molecule has 6 heteroatoms. The van der Waals surface area contributed by atoms with Crippen molar-refractivity contribution in [3.63, 3.8) is 0 Å². The standard InChI is InChI=1S/C14H14BrN3OS/c1-9-10(2)20-14(17-9)18-13(19)16-8-7-11-5-3-4-6-12(11)15/h3-8H,1-2H3,(H2,16,17,18,19)/b8-7+. The Kier molecular flexibility index (Phi) is 4.92. The third kappa shape index (κ3) is 3.91. The highest BCUT2D eigenvalue weighted by atomic mass is 79.9. The fourth-order valence-corrected chi connectivity index (χ4v) is 2.70. The van der Waals surface area contributed by atoms with Crippen LogP contribution < -0.4 is 10.6 Å². The summed E-state index contributed by atoms with van der Waals surface area (Å²) < 4.78 is 0.977. The van der Waals surface area contributed by atoms with Gasteiger partial charge in [0.15, 0.2) is 5.13 Å². The summed E-state index contributed by atoms with van der Waals surface area (Å²) in [5, 5.41) is 5.95. The van der Waals surface area contributed by atoms with Gasteiger partial charge in [0, 0.05) is 15.5 Å². The fraction of sp³-hybridized carbons (Fsp3) is 0.143. The maximum atomic E-state index is 11.7. The Bertz CT molecular complexity index is 632. The molecule has 0 saturated carbocycles. The molecule has 0 fully saturated rings. The molecule has 0 aliphatic heterocycles. The lowest BCUT2D eigenvalue weighted by molar-refractivity contribution is 0.255. The minimum atomic E-state index is -0.304. The van der Waals surface area contributed by atoms with Crippen molar-refractivity contribution < 1.29 is 4.79 Å². The van der Waals surface area contributed by atoms with Gasteiger partial charge in [-0.2, -0.15) is 0 Å². The molecule has 20 heavy (non-hydrogen) atoms. The quantitative estimate of drug-likeness (QED) is 0.865. The summed E-state index contributed by atoms with van der Waals surface area (Å²) >= 11 is 4.90. The molecule has 0 spiro atoms. The van der Waals surface area contributed by atoms with Crippen LogP contribution in [-0.2, 0) is 0 Å². The molecule has 0 unspecified atom stereocenters.